The summed E-state index contributed by atoms with van der Waals surface area (Å²) in [4.78, 5) is 6.80. The highest BCUT2D eigenvalue weighted by Crippen LogP contribution is 2.24. The Morgan fingerprint density at radius 2 is 1.93 bits per heavy atom. The van der Waals surface area contributed by atoms with E-state index in [2.05, 4.69) is 26.6 Å². The van der Waals surface area contributed by atoms with Crippen molar-refractivity contribution < 1.29 is 9.47 Å². The number of rotatable bonds is 7. The molecular formula is C22H29ClN4O2. The number of hydrogen-bond donors (Lipinski definition) is 2. The molecule has 0 amide bonds. The van der Waals surface area contributed by atoms with Crippen molar-refractivity contribution in [1.29, 1.82) is 0 Å². The fourth-order valence-corrected chi connectivity index (χ4v) is 3.60. The second-order valence-corrected chi connectivity index (χ2v) is 7.31. The minimum atomic E-state index is 0.192. The summed E-state index contributed by atoms with van der Waals surface area (Å²) >= 11 is 6.25. The van der Waals surface area contributed by atoms with Gasteiger partial charge in [-0.2, -0.15) is 0 Å². The van der Waals surface area contributed by atoms with Crippen LogP contribution in [0.25, 0.3) is 0 Å². The van der Waals surface area contributed by atoms with E-state index in [1.54, 1.807) is 14.2 Å². The highest BCUT2D eigenvalue weighted by Gasteiger charge is 2.23. The minimum absolute atomic E-state index is 0.192. The number of halogens is 1. The zero-order chi connectivity index (χ0) is 20.5. The maximum atomic E-state index is 6.25. The van der Waals surface area contributed by atoms with E-state index in [-0.39, 0.29) is 6.04 Å². The molecule has 0 bridgehead atoms. The van der Waals surface area contributed by atoms with Gasteiger partial charge in [-0.05, 0) is 35.4 Å². The number of aliphatic imine (C=N–C) groups is 1. The Morgan fingerprint density at radius 1 is 1.17 bits per heavy atom. The van der Waals surface area contributed by atoms with Crippen molar-refractivity contribution in [1.82, 2.24) is 15.5 Å². The predicted molar refractivity (Wildman–Crippen MR) is 118 cm³/mol. The monoisotopic (exact) mass is 416 g/mol. The van der Waals surface area contributed by atoms with E-state index in [4.69, 9.17) is 21.1 Å². The Balaban J connectivity index is 1.61. The Labute approximate surface area is 177 Å². The van der Waals surface area contributed by atoms with E-state index in [1.165, 1.54) is 5.56 Å². The summed E-state index contributed by atoms with van der Waals surface area (Å²) in [6, 6.07) is 16.3. The van der Waals surface area contributed by atoms with Gasteiger partial charge in [-0.15, -0.1) is 0 Å². The minimum Gasteiger partial charge on any atom is -0.497 e. The highest BCUT2D eigenvalue weighted by atomic mass is 35.5. The summed E-state index contributed by atoms with van der Waals surface area (Å²) in [5.41, 5.74) is 2.35. The zero-order valence-electron chi connectivity index (χ0n) is 17.0. The van der Waals surface area contributed by atoms with Crippen molar-refractivity contribution in [2.45, 2.75) is 12.6 Å². The molecule has 1 fully saturated rings. The lowest BCUT2D eigenvalue weighted by Gasteiger charge is -2.35. The lowest BCUT2D eigenvalue weighted by Crippen LogP contribution is -2.46. The zero-order valence-corrected chi connectivity index (χ0v) is 17.8. The van der Waals surface area contributed by atoms with Crippen LogP contribution < -0.4 is 15.4 Å². The lowest BCUT2D eigenvalue weighted by molar-refractivity contribution is 0.0170. The van der Waals surface area contributed by atoms with Gasteiger partial charge in [0.15, 0.2) is 5.96 Å². The van der Waals surface area contributed by atoms with E-state index < -0.39 is 0 Å². The molecule has 29 heavy (non-hydrogen) atoms. The molecule has 1 aliphatic heterocycles. The molecule has 7 heteroatoms. The molecule has 0 aromatic heterocycles. The van der Waals surface area contributed by atoms with Gasteiger partial charge in [-0.1, -0.05) is 35.9 Å². The highest BCUT2D eigenvalue weighted by molar-refractivity contribution is 6.30. The third-order valence-electron chi connectivity index (χ3n) is 5.03. The first-order valence-corrected chi connectivity index (χ1v) is 10.2. The topological polar surface area (TPSA) is 58.1 Å². The quantitative estimate of drug-likeness (QED) is 0.536. The number of guanidine groups is 1. The number of methoxy groups -OCH3 is 1. The van der Waals surface area contributed by atoms with Crippen LogP contribution in [-0.4, -0.2) is 57.9 Å². The Kier molecular flexibility index (Phi) is 8.16. The van der Waals surface area contributed by atoms with Crippen LogP contribution in [0, 0.1) is 0 Å². The first kappa shape index (κ1) is 21.4. The molecule has 0 spiro atoms. The molecule has 1 saturated heterocycles. The Hall–Kier alpha value is -2.28. The van der Waals surface area contributed by atoms with E-state index in [9.17, 15) is 0 Å². The summed E-state index contributed by atoms with van der Waals surface area (Å²) in [6.45, 7) is 4.71. The van der Waals surface area contributed by atoms with Crippen LogP contribution in [0.5, 0.6) is 5.75 Å². The van der Waals surface area contributed by atoms with Crippen LogP contribution >= 0.6 is 11.6 Å². The molecule has 1 aliphatic rings. The summed E-state index contributed by atoms with van der Waals surface area (Å²) < 4.78 is 10.7. The first-order valence-electron chi connectivity index (χ1n) is 9.84. The first-order chi connectivity index (χ1) is 14.2. The molecule has 0 saturated carbocycles. The third-order valence-corrected chi connectivity index (χ3v) is 5.26. The van der Waals surface area contributed by atoms with Crippen molar-refractivity contribution in [2.75, 3.05) is 47.0 Å². The molecule has 1 atom stereocenters. The van der Waals surface area contributed by atoms with Gasteiger partial charge in [-0.25, -0.2) is 0 Å². The standard InChI is InChI=1S/C22H29ClN4O2/c1-24-22(25-15-17-6-8-20(28-2)9-7-17)26-16-21(27-10-12-29-13-11-27)18-4-3-5-19(23)14-18/h3-9,14,21H,10-13,15-16H2,1-2H3,(H2,24,25,26). The third kappa shape index (κ3) is 6.35. The number of hydrogen-bond acceptors (Lipinski definition) is 4. The van der Waals surface area contributed by atoms with Gasteiger partial charge in [0.1, 0.15) is 5.75 Å². The summed E-state index contributed by atoms with van der Waals surface area (Å²) in [7, 11) is 3.45. The van der Waals surface area contributed by atoms with E-state index >= 15 is 0 Å². The smallest absolute Gasteiger partial charge is 0.191 e. The van der Waals surface area contributed by atoms with Gasteiger partial charge in [-0.3, -0.25) is 9.89 Å². The molecule has 2 aromatic rings. The molecule has 1 unspecified atom stereocenters. The van der Waals surface area contributed by atoms with E-state index in [0.29, 0.717) is 6.54 Å². The van der Waals surface area contributed by atoms with E-state index in [1.807, 2.05) is 42.5 Å². The van der Waals surface area contributed by atoms with Crippen molar-refractivity contribution in [3.63, 3.8) is 0 Å². The molecule has 0 radical (unpaired) electrons. The van der Waals surface area contributed by atoms with Gasteiger partial charge >= 0.3 is 0 Å². The molecule has 0 aliphatic carbocycles. The lowest BCUT2D eigenvalue weighted by atomic mass is 10.0. The van der Waals surface area contributed by atoms with Gasteiger partial charge in [0.05, 0.1) is 26.4 Å². The number of nitrogens with one attached hydrogen (secondary N) is 2. The molecule has 6 nitrogen and oxygen atoms in total. The normalized spacial score (nSPS) is 16.3. The van der Waals surface area contributed by atoms with Crippen LogP contribution in [0.4, 0.5) is 0 Å². The van der Waals surface area contributed by atoms with Crippen LogP contribution in [0.2, 0.25) is 5.02 Å². The maximum absolute atomic E-state index is 6.25. The average Bonchev–Trinajstić information content (AvgIpc) is 2.77. The summed E-state index contributed by atoms with van der Waals surface area (Å²) in [5.74, 6) is 1.62. The molecule has 3 rings (SSSR count). The predicted octanol–water partition coefficient (Wildman–Crippen LogP) is 3.09. The van der Waals surface area contributed by atoms with Gasteiger partial charge in [0.25, 0.3) is 0 Å². The maximum Gasteiger partial charge on any atom is 0.191 e. The largest absolute Gasteiger partial charge is 0.497 e. The van der Waals surface area contributed by atoms with Crippen molar-refractivity contribution in [3.8, 4) is 5.75 Å². The number of nitrogens with zero attached hydrogens (tertiary/aromatic N) is 2. The van der Waals surface area contributed by atoms with E-state index in [0.717, 1.165) is 55.1 Å². The van der Waals surface area contributed by atoms with Crippen LogP contribution in [-0.2, 0) is 11.3 Å². The van der Waals surface area contributed by atoms with Crippen molar-refractivity contribution in [3.05, 3.63) is 64.7 Å². The summed E-state index contributed by atoms with van der Waals surface area (Å²) in [5, 5.41) is 7.59. The molecule has 156 valence electrons. The van der Waals surface area contributed by atoms with Crippen LogP contribution in [0.3, 0.4) is 0 Å². The second-order valence-electron chi connectivity index (χ2n) is 6.87. The fourth-order valence-electron chi connectivity index (χ4n) is 3.40. The van der Waals surface area contributed by atoms with Crippen LogP contribution in [0.15, 0.2) is 53.5 Å². The Bertz CT molecular complexity index is 792. The van der Waals surface area contributed by atoms with Gasteiger partial charge in [0, 0.05) is 38.2 Å². The van der Waals surface area contributed by atoms with Crippen LogP contribution in [0.1, 0.15) is 17.2 Å². The Morgan fingerprint density at radius 3 is 2.59 bits per heavy atom. The SMILES string of the molecule is CN=C(NCc1ccc(OC)cc1)NCC(c1cccc(Cl)c1)N1CCOCC1. The fraction of sp³-hybridized carbons (Fsp3) is 0.409. The van der Waals surface area contributed by atoms with Crippen molar-refractivity contribution >= 4 is 17.6 Å². The van der Waals surface area contributed by atoms with Gasteiger partial charge < -0.3 is 20.1 Å². The number of morpholine rings is 1. The average molecular weight is 417 g/mol. The van der Waals surface area contributed by atoms with Gasteiger partial charge in [0.2, 0.25) is 0 Å². The van der Waals surface area contributed by atoms with Crippen molar-refractivity contribution in [2.24, 2.45) is 4.99 Å². The molecule has 1 heterocycles. The number of benzene rings is 2. The second kappa shape index (κ2) is 11.0. The summed E-state index contributed by atoms with van der Waals surface area (Å²) in [6.07, 6.45) is 0. The molecule has 2 N–H and O–H groups in total. The molecular weight excluding hydrogens is 388 g/mol. The molecule has 2 aromatic carbocycles. The number of ether oxygens (including phenoxy) is 2.